The minimum atomic E-state index is -0.504. The summed E-state index contributed by atoms with van der Waals surface area (Å²) in [7, 11) is 0. The molecule has 2 fully saturated rings. The van der Waals surface area contributed by atoms with E-state index in [4.69, 9.17) is 5.41 Å². The molecule has 0 bridgehead atoms. The van der Waals surface area contributed by atoms with Gasteiger partial charge in [0.25, 0.3) is 0 Å². The number of rotatable bonds is 3. The third-order valence-corrected chi connectivity index (χ3v) is 4.64. The van der Waals surface area contributed by atoms with Crippen molar-refractivity contribution in [3.8, 4) is 0 Å². The van der Waals surface area contributed by atoms with Crippen molar-refractivity contribution in [1.29, 1.82) is 5.41 Å². The number of ketones is 1. The van der Waals surface area contributed by atoms with Crippen molar-refractivity contribution >= 4 is 11.5 Å². The average molecular weight is 205 g/mol. The number of hydrogen-bond donors (Lipinski definition) is 1. The Kier molecular flexibility index (Phi) is 1.98. The number of hydrogen-bond acceptors (Lipinski definition) is 2. The van der Waals surface area contributed by atoms with E-state index in [0.717, 1.165) is 6.42 Å². The van der Waals surface area contributed by atoms with Gasteiger partial charge in [-0.25, -0.2) is 0 Å². The minimum absolute atomic E-state index is 0.158. The highest BCUT2D eigenvalue weighted by Crippen LogP contribution is 2.73. The molecule has 15 heavy (non-hydrogen) atoms. The highest BCUT2D eigenvalue weighted by molar-refractivity contribution is 6.10. The molecule has 2 rings (SSSR count). The number of fused-ring (bicyclic) bond motifs is 1. The number of carbonyl (C=O) groups is 1. The first-order chi connectivity index (χ1) is 6.89. The Morgan fingerprint density at radius 3 is 2.67 bits per heavy atom. The first kappa shape index (κ1) is 10.6. The zero-order valence-electron chi connectivity index (χ0n) is 9.76. The first-order valence-corrected chi connectivity index (χ1v) is 5.59. The molecule has 3 atom stereocenters. The monoisotopic (exact) mass is 205 g/mol. The van der Waals surface area contributed by atoms with Crippen molar-refractivity contribution in [2.24, 2.45) is 22.7 Å². The molecule has 82 valence electrons. The highest BCUT2D eigenvalue weighted by atomic mass is 16.1. The fourth-order valence-corrected chi connectivity index (χ4v) is 3.75. The zero-order valence-corrected chi connectivity index (χ0v) is 9.76. The molecule has 0 aromatic carbocycles. The minimum Gasteiger partial charge on any atom is -0.309 e. The number of allylic oxidation sites excluding steroid dienone is 1. The van der Waals surface area contributed by atoms with Crippen LogP contribution in [0.3, 0.4) is 0 Å². The Balaban J connectivity index is 2.42. The van der Waals surface area contributed by atoms with Crippen LogP contribution in [0.1, 0.15) is 33.6 Å². The fraction of sp³-hybridized carbons (Fsp3) is 0.692. The molecular formula is C13H19NO. The first-order valence-electron chi connectivity index (χ1n) is 5.59. The summed E-state index contributed by atoms with van der Waals surface area (Å²) in [4.78, 5) is 11.9. The van der Waals surface area contributed by atoms with Gasteiger partial charge in [0.15, 0.2) is 0 Å². The van der Waals surface area contributed by atoms with Crippen LogP contribution in [0, 0.1) is 28.1 Å². The normalized spacial score (nSPS) is 41.1. The fourth-order valence-electron chi connectivity index (χ4n) is 3.75. The topological polar surface area (TPSA) is 40.9 Å². The van der Waals surface area contributed by atoms with Crippen molar-refractivity contribution in [1.82, 2.24) is 0 Å². The molecule has 2 aliphatic carbocycles. The van der Waals surface area contributed by atoms with Gasteiger partial charge in [-0.1, -0.05) is 19.9 Å². The van der Waals surface area contributed by atoms with E-state index >= 15 is 0 Å². The Hall–Kier alpha value is -0.920. The van der Waals surface area contributed by atoms with Gasteiger partial charge in [0.05, 0.1) is 5.41 Å². The van der Waals surface area contributed by atoms with Crippen molar-refractivity contribution in [2.45, 2.75) is 33.6 Å². The Morgan fingerprint density at radius 1 is 1.67 bits per heavy atom. The van der Waals surface area contributed by atoms with E-state index < -0.39 is 5.41 Å². The molecule has 0 radical (unpaired) electrons. The SMILES string of the molecule is C=CC[C@]1(C(C)=O)C(=N)C[C@@H]2[C@@H]1C2(C)C. The summed E-state index contributed by atoms with van der Waals surface area (Å²) in [5.74, 6) is 1.09. The molecule has 0 unspecified atom stereocenters. The maximum atomic E-state index is 11.9. The summed E-state index contributed by atoms with van der Waals surface area (Å²) in [6.45, 7) is 9.81. The smallest absolute Gasteiger partial charge is 0.142 e. The van der Waals surface area contributed by atoms with Crippen LogP contribution in [0.15, 0.2) is 12.7 Å². The van der Waals surface area contributed by atoms with Crippen molar-refractivity contribution < 1.29 is 4.79 Å². The molecule has 0 heterocycles. The second kappa shape index (κ2) is 2.81. The van der Waals surface area contributed by atoms with Gasteiger partial charge in [-0.3, -0.25) is 4.79 Å². The van der Waals surface area contributed by atoms with E-state index in [1.807, 2.05) is 0 Å². The van der Waals surface area contributed by atoms with E-state index in [1.165, 1.54) is 0 Å². The summed E-state index contributed by atoms with van der Waals surface area (Å²) in [6, 6.07) is 0. The van der Waals surface area contributed by atoms with Gasteiger partial charge < -0.3 is 5.41 Å². The van der Waals surface area contributed by atoms with Gasteiger partial charge in [-0.2, -0.15) is 0 Å². The lowest BCUT2D eigenvalue weighted by Gasteiger charge is -2.30. The molecule has 2 aliphatic rings. The van der Waals surface area contributed by atoms with Gasteiger partial charge in [0, 0.05) is 5.71 Å². The van der Waals surface area contributed by atoms with Crippen molar-refractivity contribution in [2.75, 3.05) is 0 Å². The van der Waals surface area contributed by atoms with Crippen LogP contribution in [0.5, 0.6) is 0 Å². The molecule has 1 N–H and O–H groups in total. The standard InChI is InChI=1S/C13H19NO/c1-5-6-13(8(2)15)10(14)7-9-11(13)12(9,3)4/h5,9,11,14H,1,6-7H2,2-4H3/t9-,11-,13+/m1/s1. The molecule has 0 amide bonds. The van der Waals surface area contributed by atoms with Crippen molar-refractivity contribution in [3.63, 3.8) is 0 Å². The number of nitrogens with one attached hydrogen (secondary N) is 1. The number of carbonyl (C=O) groups excluding carboxylic acids is 1. The van der Waals surface area contributed by atoms with Crippen LogP contribution in [0.4, 0.5) is 0 Å². The molecule has 0 saturated heterocycles. The maximum Gasteiger partial charge on any atom is 0.142 e. The summed E-state index contributed by atoms with van der Waals surface area (Å²) < 4.78 is 0. The van der Waals surface area contributed by atoms with Crippen LogP contribution in [0.2, 0.25) is 0 Å². The third-order valence-electron chi connectivity index (χ3n) is 4.64. The van der Waals surface area contributed by atoms with Crippen LogP contribution in [0.25, 0.3) is 0 Å². The number of Topliss-reactive ketones (excluding diaryl/α,β-unsaturated/α-hetero) is 1. The van der Waals surface area contributed by atoms with Crippen LogP contribution >= 0.6 is 0 Å². The van der Waals surface area contributed by atoms with Crippen LogP contribution in [-0.4, -0.2) is 11.5 Å². The molecule has 0 spiro atoms. The summed E-state index contributed by atoms with van der Waals surface area (Å²) >= 11 is 0. The molecule has 2 heteroatoms. The van der Waals surface area contributed by atoms with Gasteiger partial charge in [-0.15, -0.1) is 6.58 Å². The summed E-state index contributed by atoms with van der Waals surface area (Å²) in [6.07, 6.45) is 3.25. The predicted octanol–water partition coefficient (Wildman–Crippen LogP) is 2.83. The second-order valence-electron chi connectivity index (χ2n) is 5.61. The maximum absolute atomic E-state index is 11.9. The molecule has 0 aromatic heterocycles. The van der Waals surface area contributed by atoms with E-state index in [0.29, 0.717) is 24.0 Å². The lowest BCUT2D eigenvalue weighted by molar-refractivity contribution is -0.124. The average Bonchev–Trinajstić information content (AvgIpc) is 2.53. The van der Waals surface area contributed by atoms with Crippen LogP contribution in [-0.2, 0) is 4.79 Å². The van der Waals surface area contributed by atoms with Gasteiger partial charge >= 0.3 is 0 Å². The molecule has 2 saturated carbocycles. The molecule has 2 nitrogen and oxygen atoms in total. The van der Waals surface area contributed by atoms with Crippen molar-refractivity contribution in [3.05, 3.63) is 12.7 Å². The van der Waals surface area contributed by atoms with E-state index in [9.17, 15) is 4.79 Å². The lowest BCUT2D eigenvalue weighted by Crippen LogP contribution is -2.38. The highest BCUT2D eigenvalue weighted by Gasteiger charge is 2.73. The van der Waals surface area contributed by atoms with E-state index in [2.05, 4.69) is 20.4 Å². The van der Waals surface area contributed by atoms with Gasteiger partial charge in [-0.05, 0) is 37.0 Å². The van der Waals surface area contributed by atoms with Gasteiger partial charge in [0.2, 0.25) is 0 Å². The lowest BCUT2D eigenvalue weighted by atomic mass is 9.71. The quantitative estimate of drug-likeness (QED) is 0.707. The molecule has 0 aliphatic heterocycles. The zero-order chi connectivity index (χ0) is 11.4. The third kappa shape index (κ3) is 1.05. The molecular weight excluding hydrogens is 186 g/mol. The predicted molar refractivity (Wildman–Crippen MR) is 61.0 cm³/mol. The second-order valence-corrected chi connectivity index (χ2v) is 5.61. The Bertz CT molecular complexity index is 356. The van der Waals surface area contributed by atoms with E-state index in [-0.39, 0.29) is 11.2 Å². The van der Waals surface area contributed by atoms with E-state index in [1.54, 1.807) is 13.0 Å². The van der Waals surface area contributed by atoms with Gasteiger partial charge in [0.1, 0.15) is 5.78 Å². The Morgan fingerprint density at radius 2 is 2.27 bits per heavy atom. The van der Waals surface area contributed by atoms with Crippen LogP contribution < -0.4 is 0 Å². The summed E-state index contributed by atoms with van der Waals surface area (Å²) in [5.41, 5.74) is 0.388. The summed E-state index contributed by atoms with van der Waals surface area (Å²) in [5, 5.41) is 8.06. The largest absolute Gasteiger partial charge is 0.309 e. The Labute approximate surface area is 91.3 Å². The molecule has 0 aromatic rings.